The van der Waals surface area contributed by atoms with Gasteiger partial charge in [-0.2, -0.15) is 11.8 Å². The molecule has 18 heavy (non-hydrogen) atoms. The first-order chi connectivity index (χ1) is 8.42. The van der Waals surface area contributed by atoms with Gasteiger partial charge in [-0.05, 0) is 18.1 Å². The average Bonchev–Trinajstić information content (AvgIpc) is 2.66. The molecule has 0 spiro atoms. The quantitative estimate of drug-likeness (QED) is 0.806. The highest BCUT2D eigenvalue weighted by Crippen LogP contribution is 2.24. The Morgan fingerprint density at radius 3 is 2.39 bits per heavy atom. The Labute approximate surface area is 116 Å². The molecule has 1 saturated heterocycles. The van der Waals surface area contributed by atoms with Gasteiger partial charge in [-0.25, -0.2) is 0 Å². The minimum absolute atomic E-state index is 0.0106. The predicted octanol–water partition coefficient (Wildman–Crippen LogP) is 2.57. The van der Waals surface area contributed by atoms with Crippen molar-refractivity contribution < 1.29 is 4.79 Å². The summed E-state index contributed by atoms with van der Waals surface area (Å²) in [6.07, 6.45) is 3.35. The van der Waals surface area contributed by atoms with Crippen LogP contribution in [0.4, 0.5) is 0 Å². The van der Waals surface area contributed by atoms with Crippen molar-refractivity contribution in [1.82, 2.24) is 10.2 Å². The van der Waals surface area contributed by atoms with Crippen molar-refractivity contribution >= 4 is 17.7 Å². The van der Waals surface area contributed by atoms with Crippen molar-refractivity contribution in [1.29, 1.82) is 0 Å². The summed E-state index contributed by atoms with van der Waals surface area (Å²) in [5.41, 5.74) is 0. The molecule has 1 aliphatic rings. The van der Waals surface area contributed by atoms with Crippen LogP contribution in [-0.2, 0) is 4.79 Å². The monoisotopic (exact) mass is 272 g/mol. The number of nitrogens with zero attached hydrogens (tertiary/aromatic N) is 1. The maximum absolute atomic E-state index is 12.5. The predicted molar refractivity (Wildman–Crippen MR) is 79.7 cm³/mol. The lowest BCUT2D eigenvalue weighted by molar-refractivity contribution is -0.131. The maximum atomic E-state index is 12.5. The zero-order valence-corrected chi connectivity index (χ0v) is 13.4. The van der Waals surface area contributed by atoms with E-state index in [1.54, 1.807) is 0 Å². The van der Waals surface area contributed by atoms with Crippen LogP contribution in [-0.4, -0.2) is 41.1 Å². The molecule has 4 heteroatoms. The smallest absolute Gasteiger partial charge is 0.241 e. The highest BCUT2D eigenvalue weighted by atomic mass is 32.2. The zero-order chi connectivity index (χ0) is 13.9. The highest BCUT2D eigenvalue weighted by Gasteiger charge is 2.42. The van der Waals surface area contributed by atoms with Gasteiger partial charge in [0.15, 0.2) is 0 Å². The fourth-order valence-electron chi connectivity index (χ4n) is 2.41. The van der Waals surface area contributed by atoms with Crippen LogP contribution in [0, 0.1) is 11.8 Å². The Morgan fingerprint density at radius 2 is 1.94 bits per heavy atom. The minimum Gasteiger partial charge on any atom is -0.324 e. The summed E-state index contributed by atoms with van der Waals surface area (Å²) >= 11 is 1.82. The second kappa shape index (κ2) is 6.80. The summed E-state index contributed by atoms with van der Waals surface area (Å²) in [4.78, 5) is 14.6. The number of carbonyl (C=O) groups excluding carboxylic acids is 1. The molecule has 1 N–H and O–H groups in total. The van der Waals surface area contributed by atoms with Gasteiger partial charge < -0.3 is 4.90 Å². The second-order valence-corrected chi connectivity index (χ2v) is 7.03. The van der Waals surface area contributed by atoms with E-state index in [1.165, 1.54) is 0 Å². The van der Waals surface area contributed by atoms with Gasteiger partial charge in [0.05, 0.1) is 12.2 Å². The van der Waals surface area contributed by atoms with Crippen molar-refractivity contribution in [3.05, 3.63) is 0 Å². The van der Waals surface area contributed by atoms with Crippen LogP contribution < -0.4 is 5.32 Å². The second-order valence-electron chi connectivity index (χ2n) is 5.76. The molecule has 0 aliphatic carbocycles. The first-order valence-corrected chi connectivity index (χ1v) is 8.30. The Morgan fingerprint density at radius 1 is 1.33 bits per heavy atom. The molecule has 1 heterocycles. The minimum atomic E-state index is 0.0106. The van der Waals surface area contributed by atoms with Crippen LogP contribution in [0.3, 0.4) is 0 Å². The van der Waals surface area contributed by atoms with Crippen molar-refractivity contribution in [2.24, 2.45) is 11.8 Å². The Kier molecular flexibility index (Phi) is 5.99. The van der Waals surface area contributed by atoms with Gasteiger partial charge in [0.1, 0.15) is 0 Å². The van der Waals surface area contributed by atoms with Crippen LogP contribution >= 0.6 is 11.8 Å². The van der Waals surface area contributed by atoms with Crippen LogP contribution in [0.25, 0.3) is 0 Å². The fraction of sp³-hybridized carbons (Fsp3) is 0.929. The molecule has 1 fully saturated rings. The number of hydrogen-bond acceptors (Lipinski definition) is 3. The largest absolute Gasteiger partial charge is 0.324 e. The molecule has 0 bridgehead atoms. The third-order valence-corrected chi connectivity index (χ3v) is 4.89. The van der Waals surface area contributed by atoms with E-state index in [-0.39, 0.29) is 12.2 Å². The molecular weight excluding hydrogens is 244 g/mol. The highest BCUT2D eigenvalue weighted by molar-refractivity contribution is 7.99. The van der Waals surface area contributed by atoms with Gasteiger partial charge >= 0.3 is 0 Å². The Balaban J connectivity index is 2.81. The lowest BCUT2D eigenvalue weighted by Crippen LogP contribution is -2.44. The maximum Gasteiger partial charge on any atom is 0.241 e. The zero-order valence-electron chi connectivity index (χ0n) is 12.6. The molecule has 106 valence electrons. The van der Waals surface area contributed by atoms with Crippen LogP contribution in [0.15, 0.2) is 0 Å². The molecule has 0 radical (unpaired) electrons. The number of amides is 1. The number of carbonyl (C=O) groups is 1. The van der Waals surface area contributed by atoms with Gasteiger partial charge in [-0.15, -0.1) is 0 Å². The molecular formula is C14H28N2OS. The molecule has 0 aromatic heterocycles. The number of hydrogen-bond donors (Lipinski definition) is 1. The molecule has 0 aromatic rings. The van der Waals surface area contributed by atoms with Gasteiger partial charge in [0.25, 0.3) is 0 Å². The summed E-state index contributed by atoms with van der Waals surface area (Å²) in [5, 5.41) is 4.03. The molecule has 1 aliphatic heterocycles. The van der Waals surface area contributed by atoms with E-state index >= 15 is 0 Å². The fourth-order valence-corrected chi connectivity index (χ4v) is 2.72. The first kappa shape index (κ1) is 15.8. The molecule has 0 saturated carbocycles. The van der Waals surface area contributed by atoms with E-state index in [0.29, 0.717) is 23.0 Å². The summed E-state index contributed by atoms with van der Waals surface area (Å²) in [5.74, 6) is 1.16. The molecule has 4 atom stereocenters. The van der Waals surface area contributed by atoms with Gasteiger partial charge in [-0.1, -0.05) is 41.0 Å². The van der Waals surface area contributed by atoms with E-state index in [4.69, 9.17) is 0 Å². The van der Waals surface area contributed by atoms with Gasteiger partial charge in [-0.3, -0.25) is 10.1 Å². The third-order valence-electron chi connectivity index (χ3n) is 3.94. The average molecular weight is 272 g/mol. The lowest BCUT2D eigenvalue weighted by atomic mass is 9.99. The SMILES string of the molecule is CCC(C)C1NC(C(C)C)N(CC(C)SC)C1=O. The number of thioether (sulfide) groups is 1. The van der Waals surface area contributed by atoms with Gasteiger partial charge in [0, 0.05) is 11.8 Å². The molecule has 0 aromatic carbocycles. The van der Waals surface area contributed by atoms with E-state index in [9.17, 15) is 4.79 Å². The number of nitrogens with one attached hydrogen (secondary N) is 1. The molecule has 1 rings (SSSR count). The van der Waals surface area contributed by atoms with Crippen molar-refractivity contribution in [2.45, 2.75) is 58.5 Å². The molecule has 1 amide bonds. The van der Waals surface area contributed by atoms with Crippen LogP contribution in [0.5, 0.6) is 0 Å². The van der Waals surface area contributed by atoms with E-state index in [2.05, 4.69) is 51.1 Å². The number of rotatable bonds is 6. The van der Waals surface area contributed by atoms with Crippen LogP contribution in [0.1, 0.15) is 41.0 Å². The summed E-state index contributed by atoms with van der Waals surface area (Å²) in [7, 11) is 0. The Bertz CT molecular complexity index is 283. The lowest BCUT2D eigenvalue weighted by Gasteiger charge is -2.29. The van der Waals surface area contributed by atoms with Crippen molar-refractivity contribution in [2.75, 3.05) is 12.8 Å². The van der Waals surface area contributed by atoms with Crippen LogP contribution in [0.2, 0.25) is 0 Å². The Hall–Kier alpha value is -0.220. The summed E-state index contributed by atoms with van der Waals surface area (Å²) in [6, 6.07) is 0.0106. The van der Waals surface area contributed by atoms with E-state index in [0.717, 1.165) is 13.0 Å². The normalized spacial score (nSPS) is 27.9. The standard InChI is InChI=1S/C14H28N2OS/c1-7-10(4)12-14(17)16(8-11(5)18-6)13(15-12)9(2)3/h9-13,15H,7-8H2,1-6H3. The van der Waals surface area contributed by atoms with Crippen molar-refractivity contribution in [3.8, 4) is 0 Å². The summed E-state index contributed by atoms with van der Waals surface area (Å²) in [6.45, 7) is 11.7. The summed E-state index contributed by atoms with van der Waals surface area (Å²) < 4.78 is 0. The molecule has 4 unspecified atom stereocenters. The topological polar surface area (TPSA) is 32.3 Å². The van der Waals surface area contributed by atoms with E-state index < -0.39 is 0 Å². The third kappa shape index (κ3) is 3.41. The van der Waals surface area contributed by atoms with Gasteiger partial charge in [0.2, 0.25) is 5.91 Å². The first-order valence-electron chi connectivity index (χ1n) is 7.01. The van der Waals surface area contributed by atoms with E-state index in [1.807, 2.05) is 11.8 Å². The molecule has 3 nitrogen and oxygen atoms in total. The van der Waals surface area contributed by atoms with Crippen molar-refractivity contribution in [3.63, 3.8) is 0 Å².